The number of nitrogens with one attached hydrogen (secondary N) is 2. The van der Waals surface area contributed by atoms with Crippen molar-refractivity contribution < 1.29 is 9.59 Å². The lowest BCUT2D eigenvalue weighted by atomic mass is 10.1. The molecule has 0 spiro atoms. The Balaban J connectivity index is 2.72. The summed E-state index contributed by atoms with van der Waals surface area (Å²) >= 11 is 0. The monoisotopic (exact) mass is 308 g/mol. The van der Waals surface area contributed by atoms with Gasteiger partial charge in [0.15, 0.2) is 0 Å². The predicted molar refractivity (Wildman–Crippen MR) is 86.5 cm³/mol. The number of likely N-dealkylation sites (N-methyl/N-ethyl adjacent to an activating group) is 1. The van der Waals surface area contributed by atoms with Crippen LogP contribution >= 0.6 is 0 Å². The summed E-state index contributed by atoms with van der Waals surface area (Å²) in [4.78, 5) is 23.8. The van der Waals surface area contributed by atoms with Crippen molar-refractivity contribution in [1.29, 1.82) is 0 Å². The third kappa shape index (κ3) is 4.86. The largest absolute Gasteiger partial charge is 0.355 e. The number of aryl methyl sites for hydroxylation is 1. The molecule has 0 unspecified atom stereocenters. The second kappa shape index (κ2) is 7.96. The number of aromatic nitrogens is 2. The first-order valence-electron chi connectivity index (χ1n) is 7.86. The van der Waals surface area contributed by atoms with E-state index < -0.39 is 6.04 Å². The summed E-state index contributed by atoms with van der Waals surface area (Å²) in [5.74, 6) is 0.172. The molecule has 0 radical (unpaired) electrons. The van der Waals surface area contributed by atoms with Crippen molar-refractivity contribution in [1.82, 2.24) is 20.4 Å². The molecule has 0 aliphatic rings. The minimum atomic E-state index is -0.529. The SMILES string of the molecule is CCNC(=O)[C@H](C)NC(=O)Cc1c(C)nn(CC(C)C)c1C. The fourth-order valence-electron chi connectivity index (χ4n) is 2.36. The summed E-state index contributed by atoms with van der Waals surface area (Å²) in [7, 11) is 0. The number of hydrogen-bond acceptors (Lipinski definition) is 3. The number of nitrogens with zero attached hydrogens (tertiary/aromatic N) is 2. The Morgan fingerprint density at radius 2 is 1.86 bits per heavy atom. The third-order valence-electron chi connectivity index (χ3n) is 3.53. The van der Waals surface area contributed by atoms with Crippen LogP contribution < -0.4 is 10.6 Å². The molecule has 22 heavy (non-hydrogen) atoms. The van der Waals surface area contributed by atoms with Crippen LogP contribution in [0.15, 0.2) is 0 Å². The fraction of sp³-hybridized carbons (Fsp3) is 0.688. The lowest BCUT2D eigenvalue weighted by Gasteiger charge is -2.13. The molecule has 124 valence electrons. The summed E-state index contributed by atoms with van der Waals surface area (Å²) in [5, 5.41) is 9.93. The number of carbonyl (C=O) groups excluding carboxylic acids is 2. The maximum Gasteiger partial charge on any atom is 0.242 e. The van der Waals surface area contributed by atoms with E-state index in [0.29, 0.717) is 12.5 Å². The molecule has 6 nitrogen and oxygen atoms in total. The van der Waals surface area contributed by atoms with Crippen LogP contribution in [0.25, 0.3) is 0 Å². The van der Waals surface area contributed by atoms with E-state index in [-0.39, 0.29) is 18.2 Å². The Kier molecular flexibility index (Phi) is 6.59. The van der Waals surface area contributed by atoms with E-state index in [1.54, 1.807) is 6.92 Å². The van der Waals surface area contributed by atoms with Crippen molar-refractivity contribution in [3.05, 3.63) is 17.0 Å². The van der Waals surface area contributed by atoms with Gasteiger partial charge in [0.25, 0.3) is 0 Å². The molecule has 2 N–H and O–H groups in total. The molecule has 0 aliphatic carbocycles. The van der Waals surface area contributed by atoms with E-state index >= 15 is 0 Å². The van der Waals surface area contributed by atoms with Crippen LogP contribution in [0, 0.1) is 19.8 Å². The standard InChI is InChI=1S/C16H28N4O2/c1-7-17-16(22)12(5)18-15(21)8-14-11(4)19-20(13(14)6)9-10(2)3/h10,12H,7-9H2,1-6H3,(H,17,22)(H,18,21)/t12-/m0/s1. The van der Waals surface area contributed by atoms with Crippen LogP contribution in [-0.4, -0.2) is 34.2 Å². The molecule has 0 saturated carbocycles. The zero-order valence-electron chi connectivity index (χ0n) is 14.5. The highest BCUT2D eigenvalue weighted by atomic mass is 16.2. The van der Waals surface area contributed by atoms with Crippen LogP contribution in [-0.2, 0) is 22.6 Å². The molecule has 6 heteroatoms. The van der Waals surface area contributed by atoms with Crippen molar-refractivity contribution in [3.63, 3.8) is 0 Å². The molecule has 1 aromatic rings. The maximum atomic E-state index is 12.1. The van der Waals surface area contributed by atoms with Gasteiger partial charge in [0, 0.05) is 24.3 Å². The molecule has 0 aliphatic heterocycles. The highest BCUT2D eigenvalue weighted by Crippen LogP contribution is 2.15. The first-order chi connectivity index (χ1) is 10.3. The smallest absolute Gasteiger partial charge is 0.242 e. The van der Waals surface area contributed by atoms with E-state index in [9.17, 15) is 9.59 Å². The average molecular weight is 308 g/mol. The van der Waals surface area contributed by atoms with Gasteiger partial charge in [-0.15, -0.1) is 0 Å². The molecule has 1 rings (SSSR count). The van der Waals surface area contributed by atoms with E-state index in [0.717, 1.165) is 23.5 Å². The summed E-state index contributed by atoms with van der Waals surface area (Å²) in [6.45, 7) is 13.1. The Labute approximate surface area is 132 Å². The van der Waals surface area contributed by atoms with Crippen molar-refractivity contribution in [2.24, 2.45) is 5.92 Å². The number of amides is 2. The van der Waals surface area contributed by atoms with E-state index in [1.165, 1.54) is 0 Å². The fourth-order valence-corrected chi connectivity index (χ4v) is 2.36. The van der Waals surface area contributed by atoms with Gasteiger partial charge in [-0.3, -0.25) is 14.3 Å². The zero-order valence-corrected chi connectivity index (χ0v) is 14.5. The van der Waals surface area contributed by atoms with Gasteiger partial charge in [-0.2, -0.15) is 5.10 Å². The second-order valence-corrected chi connectivity index (χ2v) is 6.09. The van der Waals surface area contributed by atoms with Crippen LogP contribution in [0.3, 0.4) is 0 Å². The van der Waals surface area contributed by atoms with Crippen LogP contribution in [0.4, 0.5) is 0 Å². The number of rotatable bonds is 7. The Morgan fingerprint density at radius 1 is 1.23 bits per heavy atom. The van der Waals surface area contributed by atoms with E-state index in [4.69, 9.17) is 0 Å². The summed E-state index contributed by atoms with van der Waals surface area (Å²) in [5.41, 5.74) is 2.84. The molecular formula is C16H28N4O2. The van der Waals surface area contributed by atoms with Gasteiger partial charge in [0.1, 0.15) is 6.04 Å². The van der Waals surface area contributed by atoms with Crippen LogP contribution in [0.2, 0.25) is 0 Å². The Hall–Kier alpha value is -1.85. The van der Waals surface area contributed by atoms with Gasteiger partial charge in [0.05, 0.1) is 12.1 Å². The van der Waals surface area contributed by atoms with Gasteiger partial charge in [-0.05, 0) is 33.6 Å². The highest BCUT2D eigenvalue weighted by molar-refractivity contribution is 5.88. The summed E-state index contributed by atoms with van der Waals surface area (Å²) in [6.07, 6.45) is 0.250. The molecule has 1 atom stereocenters. The van der Waals surface area contributed by atoms with Crippen molar-refractivity contribution >= 4 is 11.8 Å². The first kappa shape index (κ1) is 18.2. The lowest BCUT2D eigenvalue weighted by Crippen LogP contribution is -2.45. The molecule has 0 bridgehead atoms. The summed E-state index contributed by atoms with van der Waals surface area (Å²) < 4.78 is 1.95. The van der Waals surface area contributed by atoms with Crippen LogP contribution in [0.5, 0.6) is 0 Å². The molecule has 0 saturated heterocycles. The lowest BCUT2D eigenvalue weighted by molar-refractivity contribution is -0.128. The molecular weight excluding hydrogens is 280 g/mol. The topological polar surface area (TPSA) is 76.0 Å². The van der Waals surface area contributed by atoms with Gasteiger partial charge in [0.2, 0.25) is 11.8 Å². The van der Waals surface area contributed by atoms with Gasteiger partial charge in [-0.25, -0.2) is 0 Å². The number of carbonyl (C=O) groups is 2. The molecule has 0 fully saturated rings. The summed E-state index contributed by atoms with van der Waals surface area (Å²) in [6, 6.07) is -0.529. The first-order valence-corrected chi connectivity index (χ1v) is 7.86. The minimum Gasteiger partial charge on any atom is -0.355 e. The van der Waals surface area contributed by atoms with E-state index in [1.807, 2.05) is 25.5 Å². The zero-order chi connectivity index (χ0) is 16.9. The van der Waals surface area contributed by atoms with Gasteiger partial charge < -0.3 is 10.6 Å². The normalized spacial score (nSPS) is 12.3. The maximum absolute atomic E-state index is 12.1. The molecule has 1 heterocycles. The predicted octanol–water partition coefficient (Wildman–Crippen LogP) is 1.34. The highest BCUT2D eigenvalue weighted by Gasteiger charge is 2.19. The van der Waals surface area contributed by atoms with Gasteiger partial charge in [-0.1, -0.05) is 13.8 Å². The van der Waals surface area contributed by atoms with Gasteiger partial charge >= 0.3 is 0 Å². The molecule has 2 amide bonds. The molecule has 1 aromatic heterocycles. The van der Waals surface area contributed by atoms with Crippen LogP contribution in [0.1, 0.15) is 44.6 Å². The third-order valence-corrected chi connectivity index (χ3v) is 3.53. The Morgan fingerprint density at radius 3 is 2.41 bits per heavy atom. The molecule has 0 aromatic carbocycles. The van der Waals surface area contributed by atoms with E-state index in [2.05, 4.69) is 29.6 Å². The number of hydrogen-bond donors (Lipinski definition) is 2. The Bertz CT molecular complexity index is 534. The average Bonchev–Trinajstić information content (AvgIpc) is 2.66. The van der Waals surface area contributed by atoms with Crippen molar-refractivity contribution in [2.75, 3.05) is 6.54 Å². The van der Waals surface area contributed by atoms with Crippen molar-refractivity contribution in [3.8, 4) is 0 Å². The second-order valence-electron chi connectivity index (χ2n) is 6.09. The quantitative estimate of drug-likeness (QED) is 0.798. The van der Waals surface area contributed by atoms with Crippen molar-refractivity contribution in [2.45, 2.75) is 60.5 Å². The minimum absolute atomic E-state index is 0.158.